The Bertz CT molecular complexity index is 820. The zero-order chi connectivity index (χ0) is 20.0. The van der Waals surface area contributed by atoms with Gasteiger partial charge in [-0.05, 0) is 30.4 Å². The van der Waals surface area contributed by atoms with E-state index >= 15 is 0 Å². The van der Waals surface area contributed by atoms with Crippen LogP contribution in [0.25, 0.3) is 0 Å². The summed E-state index contributed by atoms with van der Waals surface area (Å²) >= 11 is 6.10. The summed E-state index contributed by atoms with van der Waals surface area (Å²) in [4.78, 5) is 25.8. The fourth-order valence-electron chi connectivity index (χ4n) is 2.28. The van der Waals surface area contributed by atoms with Crippen molar-refractivity contribution >= 4 is 29.2 Å². The largest absolute Gasteiger partial charge is 0.486 e. The second-order valence-electron chi connectivity index (χ2n) is 5.13. The van der Waals surface area contributed by atoms with E-state index in [1.165, 1.54) is 49.6 Å². The van der Waals surface area contributed by atoms with Gasteiger partial charge in [-0.1, -0.05) is 17.7 Å². The van der Waals surface area contributed by atoms with Gasteiger partial charge in [0, 0.05) is 11.9 Å². The molecule has 6 nitrogen and oxygen atoms in total. The topological polar surface area (TPSA) is 65.1 Å². The number of rotatable bonds is 6. The molecule has 0 aromatic heterocycles. The molecule has 9 heteroatoms. The van der Waals surface area contributed by atoms with Crippen LogP contribution in [0.3, 0.4) is 0 Å². The number of halogens is 3. The third-order valence-corrected chi connectivity index (χ3v) is 3.74. The molecule has 2 rings (SSSR count). The van der Waals surface area contributed by atoms with Gasteiger partial charge in [0.05, 0.1) is 24.8 Å². The molecule has 0 bridgehead atoms. The molecule has 1 aromatic rings. The van der Waals surface area contributed by atoms with Gasteiger partial charge in [0.15, 0.2) is 0 Å². The highest BCUT2D eigenvalue weighted by Crippen LogP contribution is 2.33. The summed E-state index contributed by atoms with van der Waals surface area (Å²) in [5.74, 6) is -1.45. The van der Waals surface area contributed by atoms with E-state index in [4.69, 9.17) is 25.8 Å². The van der Waals surface area contributed by atoms with Gasteiger partial charge >= 0.3 is 11.9 Å². The van der Waals surface area contributed by atoms with Gasteiger partial charge in [0.25, 0.3) is 6.43 Å². The number of hydrogen-bond acceptors (Lipinski definition) is 6. The van der Waals surface area contributed by atoms with E-state index in [0.29, 0.717) is 5.69 Å². The minimum atomic E-state index is -2.64. The van der Waals surface area contributed by atoms with Crippen LogP contribution in [-0.2, 0) is 19.1 Å². The van der Waals surface area contributed by atoms with Crippen LogP contribution >= 0.6 is 11.6 Å². The van der Waals surface area contributed by atoms with E-state index in [1.54, 1.807) is 12.2 Å². The lowest BCUT2D eigenvalue weighted by atomic mass is 10.1. The Balaban J connectivity index is 2.49. The Morgan fingerprint density at radius 2 is 1.85 bits per heavy atom. The summed E-state index contributed by atoms with van der Waals surface area (Å²) in [6.07, 6.45) is 3.43. The van der Waals surface area contributed by atoms with E-state index in [2.05, 4.69) is 0 Å². The molecule has 0 amide bonds. The molecule has 0 aliphatic carbocycles. The van der Waals surface area contributed by atoms with Crippen molar-refractivity contribution in [2.75, 3.05) is 25.7 Å². The first kappa shape index (κ1) is 20.4. The minimum absolute atomic E-state index is 0.0245. The smallest absolute Gasteiger partial charge is 0.355 e. The third kappa shape index (κ3) is 4.85. The van der Waals surface area contributed by atoms with Crippen LogP contribution in [0, 0.1) is 0 Å². The molecule has 0 fully saturated rings. The van der Waals surface area contributed by atoms with Crippen LogP contribution < -0.4 is 9.64 Å². The van der Waals surface area contributed by atoms with Gasteiger partial charge in [0.2, 0.25) is 0 Å². The maximum atomic E-state index is 12.3. The average Bonchev–Trinajstić information content (AvgIpc) is 2.88. The predicted molar refractivity (Wildman–Crippen MR) is 94.8 cm³/mol. The summed E-state index contributed by atoms with van der Waals surface area (Å²) in [7, 11) is 2.36. The fraction of sp³-hybridized carbons (Fsp3) is 0.222. The lowest BCUT2D eigenvalue weighted by Gasteiger charge is -2.23. The van der Waals surface area contributed by atoms with E-state index in [0.717, 1.165) is 0 Å². The van der Waals surface area contributed by atoms with Gasteiger partial charge in [-0.3, -0.25) is 0 Å². The number of hydrogen-bond donors (Lipinski definition) is 0. The average molecular weight is 400 g/mol. The van der Waals surface area contributed by atoms with Gasteiger partial charge < -0.3 is 19.1 Å². The Labute approximate surface area is 159 Å². The first-order valence-electron chi connectivity index (χ1n) is 7.64. The SMILES string of the molecule is COC(=O)C1=C(C(=O)OC)N(c2ccc(OCC(F)F)c(Cl)c2)C=CC=C1. The molecule has 1 aliphatic rings. The minimum Gasteiger partial charge on any atom is -0.486 e. The Hall–Kier alpha value is -2.87. The van der Waals surface area contributed by atoms with Gasteiger partial charge in [-0.25, -0.2) is 18.4 Å². The summed E-state index contributed by atoms with van der Waals surface area (Å²) in [6.45, 7) is -0.799. The number of carbonyl (C=O) groups is 2. The van der Waals surface area contributed by atoms with Crippen molar-refractivity contribution in [2.24, 2.45) is 0 Å². The van der Waals surface area contributed by atoms with Crippen molar-refractivity contribution in [3.8, 4) is 5.75 Å². The lowest BCUT2D eigenvalue weighted by molar-refractivity contribution is -0.139. The van der Waals surface area contributed by atoms with E-state index in [1.807, 2.05) is 0 Å². The van der Waals surface area contributed by atoms with Gasteiger partial charge in [-0.15, -0.1) is 0 Å². The summed E-state index contributed by atoms with van der Waals surface area (Å²) in [5, 5.41) is 0.0580. The summed E-state index contributed by atoms with van der Waals surface area (Å²) in [5.41, 5.74) is 0.265. The zero-order valence-electron chi connectivity index (χ0n) is 14.4. The second-order valence-corrected chi connectivity index (χ2v) is 5.54. The Kier molecular flexibility index (Phi) is 6.95. The molecule has 0 saturated heterocycles. The van der Waals surface area contributed by atoms with E-state index in [9.17, 15) is 18.4 Å². The van der Waals surface area contributed by atoms with Gasteiger partial charge in [0.1, 0.15) is 18.1 Å². The zero-order valence-corrected chi connectivity index (χ0v) is 15.2. The van der Waals surface area contributed by atoms with Crippen molar-refractivity contribution in [1.29, 1.82) is 0 Å². The van der Waals surface area contributed by atoms with Crippen molar-refractivity contribution in [1.82, 2.24) is 0 Å². The third-order valence-electron chi connectivity index (χ3n) is 3.45. The number of ether oxygens (including phenoxy) is 3. The normalized spacial score (nSPS) is 13.6. The number of allylic oxidation sites excluding steroid dienone is 2. The molecule has 0 radical (unpaired) electrons. The maximum Gasteiger partial charge on any atom is 0.355 e. The molecular weight excluding hydrogens is 384 g/mol. The molecule has 1 aromatic carbocycles. The second kappa shape index (κ2) is 9.18. The first-order valence-corrected chi connectivity index (χ1v) is 8.02. The van der Waals surface area contributed by atoms with Crippen molar-refractivity contribution in [2.45, 2.75) is 6.43 Å². The quantitative estimate of drug-likeness (QED) is 0.682. The number of methoxy groups -OCH3 is 2. The summed E-state index contributed by atoms with van der Waals surface area (Å²) < 4.78 is 39.0. The molecule has 1 aliphatic heterocycles. The molecule has 27 heavy (non-hydrogen) atoms. The summed E-state index contributed by atoms with van der Waals surface area (Å²) in [6, 6.07) is 4.30. The van der Waals surface area contributed by atoms with Crippen molar-refractivity contribution in [3.63, 3.8) is 0 Å². The lowest BCUT2D eigenvalue weighted by Crippen LogP contribution is -2.27. The van der Waals surface area contributed by atoms with Crippen LogP contribution in [0.15, 0.2) is 53.9 Å². The highest BCUT2D eigenvalue weighted by Gasteiger charge is 2.27. The molecule has 0 N–H and O–H groups in total. The number of carbonyl (C=O) groups excluding carboxylic acids is 2. The Morgan fingerprint density at radius 1 is 1.15 bits per heavy atom. The van der Waals surface area contributed by atoms with Crippen LogP contribution in [0.4, 0.5) is 14.5 Å². The highest BCUT2D eigenvalue weighted by atomic mass is 35.5. The number of nitrogens with zero attached hydrogens (tertiary/aromatic N) is 1. The number of alkyl halides is 2. The van der Waals surface area contributed by atoms with Crippen LogP contribution in [-0.4, -0.2) is 39.2 Å². The first-order chi connectivity index (χ1) is 12.9. The molecule has 0 unspecified atom stereocenters. The molecule has 0 atom stereocenters. The molecule has 0 saturated carbocycles. The van der Waals surface area contributed by atoms with Crippen molar-refractivity contribution in [3.05, 3.63) is 58.9 Å². The molecule has 1 heterocycles. The van der Waals surface area contributed by atoms with Crippen LogP contribution in [0.2, 0.25) is 5.02 Å². The van der Waals surface area contributed by atoms with Crippen molar-refractivity contribution < 1.29 is 32.6 Å². The molecular formula is C18H16ClF2NO5. The Morgan fingerprint density at radius 3 is 2.44 bits per heavy atom. The molecule has 144 valence electrons. The number of benzene rings is 1. The monoisotopic (exact) mass is 399 g/mol. The highest BCUT2D eigenvalue weighted by molar-refractivity contribution is 6.32. The standard InChI is InChI=1S/C18H16ClF2NO5/c1-25-17(23)12-5-3-4-8-22(16(12)18(24)26-2)11-6-7-14(13(19)9-11)27-10-15(20)21/h3-9,15H,10H2,1-2H3. The van der Waals surface area contributed by atoms with Crippen LogP contribution in [0.1, 0.15) is 0 Å². The van der Waals surface area contributed by atoms with E-state index < -0.39 is 25.0 Å². The van der Waals surface area contributed by atoms with Gasteiger partial charge in [-0.2, -0.15) is 0 Å². The fourth-order valence-corrected chi connectivity index (χ4v) is 2.50. The number of anilines is 1. The number of esters is 2. The maximum absolute atomic E-state index is 12.3. The van der Waals surface area contributed by atoms with E-state index in [-0.39, 0.29) is 22.0 Å². The molecule has 0 spiro atoms. The van der Waals surface area contributed by atoms with Crippen LogP contribution in [0.5, 0.6) is 5.75 Å². The predicted octanol–water partition coefficient (Wildman–Crippen LogP) is 3.47.